The highest BCUT2D eigenvalue weighted by molar-refractivity contribution is 5.80. The van der Waals surface area contributed by atoms with E-state index in [1.165, 1.54) is 11.1 Å². The predicted octanol–water partition coefficient (Wildman–Crippen LogP) is 4.06. The van der Waals surface area contributed by atoms with Gasteiger partial charge in [-0.2, -0.15) is 0 Å². The van der Waals surface area contributed by atoms with Gasteiger partial charge in [-0.05, 0) is 48.4 Å². The molecule has 3 N–H and O–H groups in total. The van der Waals surface area contributed by atoms with Crippen LogP contribution < -0.4 is 10.6 Å². The fourth-order valence-electron chi connectivity index (χ4n) is 5.00. The molecule has 3 atom stereocenters. The second-order valence-corrected chi connectivity index (χ2v) is 9.04. The average molecular weight is 451 g/mol. The molecule has 1 fully saturated rings. The molecule has 7 heteroatoms. The molecule has 1 unspecified atom stereocenters. The van der Waals surface area contributed by atoms with Gasteiger partial charge in [-0.3, -0.25) is 9.59 Å². The van der Waals surface area contributed by atoms with Gasteiger partial charge in [-0.25, -0.2) is 4.79 Å². The van der Waals surface area contributed by atoms with Crippen LogP contribution in [0.25, 0.3) is 11.1 Å². The number of alkyl carbamates (subject to hydrolysis) is 1. The van der Waals surface area contributed by atoms with Crippen LogP contribution in [0.1, 0.15) is 56.1 Å². The summed E-state index contributed by atoms with van der Waals surface area (Å²) in [5.41, 5.74) is 4.62. The Labute approximate surface area is 193 Å². The molecule has 174 valence electrons. The predicted molar refractivity (Wildman–Crippen MR) is 124 cm³/mol. The quantitative estimate of drug-likeness (QED) is 0.590. The van der Waals surface area contributed by atoms with Crippen molar-refractivity contribution in [1.29, 1.82) is 0 Å². The standard InChI is InChI=1S/C26H30N2O5/c1-16(13-24(29)28-18-8-6-7-17(14-18)25(30)31)27-26(32)33-15-23-21-11-4-2-9-19(21)20-10-3-5-12-22(20)23/h2-5,9-12,16-18,23H,6-8,13-15H2,1H3,(H,27,32)(H,28,29)(H,30,31)/t16?,17-,18-/m1/s1. The number of fused-ring (bicyclic) bond motifs is 3. The summed E-state index contributed by atoms with van der Waals surface area (Å²) in [7, 11) is 0. The number of carboxylic acid groups (broad SMARTS) is 1. The van der Waals surface area contributed by atoms with E-state index in [9.17, 15) is 19.5 Å². The maximum Gasteiger partial charge on any atom is 0.407 e. The fraction of sp³-hybridized carbons (Fsp3) is 0.423. The van der Waals surface area contributed by atoms with Gasteiger partial charge in [0.15, 0.2) is 0 Å². The second-order valence-electron chi connectivity index (χ2n) is 9.04. The summed E-state index contributed by atoms with van der Waals surface area (Å²) in [5.74, 6) is -1.42. The van der Waals surface area contributed by atoms with Crippen LogP contribution in [0.2, 0.25) is 0 Å². The van der Waals surface area contributed by atoms with E-state index in [1.807, 2.05) is 24.3 Å². The third-order valence-corrected chi connectivity index (χ3v) is 6.59. The highest BCUT2D eigenvalue weighted by Gasteiger charge is 2.30. The molecule has 2 aromatic carbocycles. The lowest BCUT2D eigenvalue weighted by Gasteiger charge is -2.27. The summed E-state index contributed by atoms with van der Waals surface area (Å²) in [4.78, 5) is 36.0. The summed E-state index contributed by atoms with van der Waals surface area (Å²) in [6.07, 6.45) is 2.23. The molecule has 4 rings (SSSR count). The van der Waals surface area contributed by atoms with Gasteiger partial charge in [0.25, 0.3) is 0 Å². The van der Waals surface area contributed by atoms with Crippen LogP contribution in [0, 0.1) is 5.92 Å². The summed E-state index contributed by atoms with van der Waals surface area (Å²) in [6.45, 7) is 1.97. The van der Waals surface area contributed by atoms with Gasteiger partial charge < -0.3 is 20.5 Å². The molecule has 2 amide bonds. The Morgan fingerprint density at radius 1 is 1.03 bits per heavy atom. The number of hydrogen-bond donors (Lipinski definition) is 3. The zero-order valence-corrected chi connectivity index (χ0v) is 18.8. The van der Waals surface area contributed by atoms with Crippen molar-refractivity contribution >= 4 is 18.0 Å². The molecule has 2 aliphatic carbocycles. The van der Waals surface area contributed by atoms with Crippen LogP contribution in [0.15, 0.2) is 48.5 Å². The highest BCUT2D eigenvalue weighted by Crippen LogP contribution is 2.44. The van der Waals surface area contributed by atoms with Crippen molar-refractivity contribution in [2.24, 2.45) is 5.92 Å². The third kappa shape index (κ3) is 5.35. The fourth-order valence-corrected chi connectivity index (χ4v) is 5.00. The monoisotopic (exact) mass is 450 g/mol. The van der Waals surface area contributed by atoms with Crippen molar-refractivity contribution in [2.45, 2.75) is 57.0 Å². The van der Waals surface area contributed by atoms with E-state index in [4.69, 9.17) is 4.74 Å². The van der Waals surface area contributed by atoms with Crippen molar-refractivity contribution in [3.63, 3.8) is 0 Å². The number of carboxylic acids is 1. The molecule has 2 aromatic rings. The molecular weight excluding hydrogens is 420 g/mol. The summed E-state index contributed by atoms with van der Waals surface area (Å²) < 4.78 is 5.54. The number of rotatable bonds is 7. The van der Waals surface area contributed by atoms with Gasteiger partial charge in [-0.15, -0.1) is 0 Å². The number of carbonyl (C=O) groups is 3. The molecule has 33 heavy (non-hydrogen) atoms. The lowest BCUT2D eigenvalue weighted by molar-refractivity contribution is -0.143. The molecule has 0 bridgehead atoms. The largest absolute Gasteiger partial charge is 0.481 e. The van der Waals surface area contributed by atoms with Gasteiger partial charge in [0.1, 0.15) is 6.61 Å². The van der Waals surface area contributed by atoms with Crippen LogP contribution in [-0.2, 0) is 14.3 Å². The van der Waals surface area contributed by atoms with E-state index in [2.05, 4.69) is 34.9 Å². The number of carbonyl (C=O) groups excluding carboxylic acids is 2. The smallest absolute Gasteiger partial charge is 0.407 e. The molecule has 0 saturated heterocycles. The van der Waals surface area contributed by atoms with Crippen LogP contribution >= 0.6 is 0 Å². The Kier molecular flexibility index (Phi) is 6.96. The molecule has 0 aliphatic heterocycles. The second kappa shape index (κ2) is 10.1. The molecule has 0 spiro atoms. The van der Waals surface area contributed by atoms with Crippen molar-refractivity contribution in [3.05, 3.63) is 59.7 Å². The van der Waals surface area contributed by atoms with Gasteiger partial charge in [-0.1, -0.05) is 55.0 Å². The van der Waals surface area contributed by atoms with Crippen LogP contribution in [-0.4, -0.2) is 41.8 Å². The topological polar surface area (TPSA) is 105 Å². The molecule has 0 aromatic heterocycles. The normalized spacial score (nSPS) is 20.3. The van der Waals surface area contributed by atoms with Gasteiger partial charge in [0, 0.05) is 24.4 Å². The maximum absolute atomic E-state index is 12.4. The molecule has 0 radical (unpaired) electrons. The van der Waals surface area contributed by atoms with E-state index in [0.29, 0.717) is 12.8 Å². The number of aliphatic carboxylic acids is 1. The van der Waals surface area contributed by atoms with E-state index in [1.54, 1.807) is 6.92 Å². The zero-order valence-electron chi connectivity index (χ0n) is 18.8. The first-order valence-corrected chi connectivity index (χ1v) is 11.6. The Morgan fingerprint density at radius 2 is 1.67 bits per heavy atom. The summed E-state index contributed by atoms with van der Waals surface area (Å²) >= 11 is 0. The Morgan fingerprint density at radius 3 is 2.30 bits per heavy atom. The Balaban J connectivity index is 1.25. The molecule has 7 nitrogen and oxygen atoms in total. The minimum Gasteiger partial charge on any atom is -0.481 e. The minimum atomic E-state index is -0.806. The third-order valence-electron chi connectivity index (χ3n) is 6.59. The molecule has 0 heterocycles. The Hall–Kier alpha value is -3.35. The zero-order chi connectivity index (χ0) is 23.4. The number of nitrogens with one attached hydrogen (secondary N) is 2. The minimum absolute atomic E-state index is 0.0183. The highest BCUT2D eigenvalue weighted by atomic mass is 16.5. The van der Waals surface area contributed by atoms with Crippen molar-refractivity contribution in [1.82, 2.24) is 10.6 Å². The van der Waals surface area contributed by atoms with E-state index < -0.39 is 24.0 Å². The molecule has 1 saturated carbocycles. The van der Waals surface area contributed by atoms with Crippen molar-refractivity contribution in [3.8, 4) is 11.1 Å². The number of benzene rings is 2. The first-order chi connectivity index (χ1) is 15.9. The van der Waals surface area contributed by atoms with E-state index in [-0.39, 0.29) is 30.9 Å². The van der Waals surface area contributed by atoms with Crippen molar-refractivity contribution < 1.29 is 24.2 Å². The van der Waals surface area contributed by atoms with Gasteiger partial charge >= 0.3 is 12.1 Å². The van der Waals surface area contributed by atoms with Gasteiger partial charge in [0.2, 0.25) is 5.91 Å². The number of ether oxygens (including phenoxy) is 1. The van der Waals surface area contributed by atoms with Gasteiger partial charge in [0.05, 0.1) is 5.92 Å². The summed E-state index contributed by atoms with van der Waals surface area (Å²) in [5, 5.41) is 14.8. The van der Waals surface area contributed by atoms with E-state index >= 15 is 0 Å². The van der Waals surface area contributed by atoms with Crippen LogP contribution in [0.5, 0.6) is 0 Å². The maximum atomic E-state index is 12.4. The van der Waals surface area contributed by atoms with Crippen LogP contribution in [0.3, 0.4) is 0 Å². The van der Waals surface area contributed by atoms with Crippen LogP contribution in [0.4, 0.5) is 4.79 Å². The first-order valence-electron chi connectivity index (χ1n) is 11.6. The van der Waals surface area contributed by atoms with E-state index in [0.717, 1.165) is 24.0 Å². The summed E-state index contributed by atoms with van der Waals surface area (Å²) in [6, 6.07) is 15.8. The number of hydrogen-bond acceptors (Lipinski definition) is 4. The molecular formula is C26H30N2O5. The Bertz CT molecular complexity index is 991. The lowest BCUT2D eigenvalue weighted by Crippen LogP contribution is -2.43. The molecule has 2 aliphatic rings. The SMILES string of the molecule is CC(CC(=O)N[C@@H]1CCC[C@@H](C(=O)O)C1)NC(=O)OCC1c2ccccc2-c2ccccc21. The first kappa shape index (κ1) is 22.8. The van der Waals surface area contributed by atoms with Crippen molar-refractivity contribution in [2.75, 3.05) is 6.61 Å². The lowest BCUT2D eigenvalue weighted by atomic mass is 9.85. The number of amides is 2. The average Bonchev–Trinajstić information content (AvgIpc) is 3.11.